The van der Waals surface area contributed by atoms with Gasteiger partial charge in [0, 0.05) is 5.92 Å². The van der Waals surface area contributed by atoms with E-state index in [-0.39, 0.29) is 5.92 Å². The monoisotopic (exact) mass is 180 g/mol. The number of nitriles is 1. The van der Waals surface area contributed by atoms with Crippen molar-refractivity contribution < 1.29 is 4.84 Å². The molecule has 3 nitrogen and oxygen atoms in total. The molecule has 0 radical (unpaired) electrons. The minimum atomic E-state index is 0.161. The molecule has 0 N–H and O–H groups in total. The molecule has 0 aromatic carbocycles. The van der Waals surface area contributed by atoms with E-state index in [9.17, 15) is 0 Å². The first kappa shape index (κ1) is 10.0. The predicted octanol–water partition coefficient (Wildman–Crippen LogP) is 2.48. The fourth-order valence-corrected chi connectivity index (χ4v) is 1.44. The summed E-state index contributed by atoms with van der Waals surface area (Å²) in [6.07, 6.45) is 5.07. The summed E-state index contributed by atoms with van der Waals surface area (Å²) >= 11 is 0. The first-order valence-corrected chi connectivity index (χ1v) is 4.88. The van der Waals surface area contributed by atoms with Crippen molar-refractivity contribution in [1.82, 2.24) is 0 Å². The third-order valence-electron chi connectivity index (χ3n) is 2.30. The highest BCUT2D eigenvalue weighted by Crippen LogP contribution is 2.14. The first-order chi connectivity index (χ1) is 6.33. The van der Waals surface area contributed by atoms with Gasteiger partial charge in [-0.15, -0.1) is 0 Å². The zero-order valence-electron chi connectivity index (χ0n) is 8.12. The zero-order chi connectivity index (χ0) is 9.52. The second-order valence-electron chi connectivity index (χ2n) is 3.52. The summed E-state index contributed by atoms with van der Waals surface area (Å²) in [4.78, 5) is 5.09. The minimum absolute atomic E-state index is 0.161. The van der Waals surface area contributed by atoms with Crippen LogP contribution in [0, 0.1) is 17.2 Å². The maximum absolute atomic E-state index is 8.78. The Kier molecular flexibility index (Phi) is 4.31. The Morgan fingerprint density at radius 3 is 3.08 bits per heavy atom. The van der Waals surface area contributed by atoms with Crippen LogP contribution >= 0.6 is 0 Å². The van der Waals surface area contributed by atoms with E-state index in [1.165, 1.54) is 0 Å². The van der Waals surface area contributed by atoms with Gasteiger partial charge in [-0.2, -0.15) is 5.26 Å². The molecule has 1 heterocycles. The largest absolute Gasteiger partial charge is 0.396 e. The van der Waals surface area contributed by atoms with Crippen molar-refractivity contribution in [2.75, 3.05) is 6.61 Å². The van der Waals surface area contributed by atoms with Gasteiger partial charge < -0.3 is 4.84 Å². The maximum atomic E-state index is 8.78. The molecule has 0 saturated heterocycles. The molecule has 0 spiro atoms. The summed E-state index contributed by atoms with van der Waals surface area (Å²) in [7, 11) is 0. The molecule has 0 bridgehead atoms. The van der Waals surface area contributed by atoms with E-state index in [0.29, 0.717) is 6.61 Å². The van der Waals surface area contributed by atoms with Crippen LogP contribution in [0.2, 0.25) is 0 Å². The van der Waals surface area contributed by atoms with Crippen LogP contribution < -0.4 is 0 Å². The Morgan fingerprint density at radius 2 is 2.31 bits per heavy atom. The summed E-state index contributed by atoms with van der Waals surface area (Å²) in [6.45, 7) is 2.57. The molecular formula is C10H16N2O. The van der Waals surface area contributed by atoms with Crippen LogP contribution in [-0.2, 0) is 4.84 Å². The van der Waals surface area contributed by atoms with Crippen LogP contribution in [0.5, 0.6) is 0 Å². The van der Waals surface area contributed by atoms with Gasteiger partial charge in [0.05, 0.1) is 11.8 Å². The lowest BCUT2D eigenvalue weighted by Crippen LogP contribution is -2.05. The third-order valence-corrected chi connectivity index (χ3v) is 2.30. The number of oxime groups is 1. The Balaban J connectivity index is 2.41. The van der Waals surface area contributed by atoms with E-state index < -0.39 is 0 Å². The molecule has 72 valence electrons. The van der Waals surface area contributed by atoms with E-state index >= 15 is 0 Å². The first-order valence-electron chi connectivity index (χ1n) is 4.88. The van der Waals surface area contributed by atoms with Crippen LogP contribution in [0.15, 0.2) is 5.16 Å². The fraction of sp³-hybridized carbons (Fsp3) is 0.800. The van der Waals surface area contributed by atoms with Gasteiger partial charge in [-0.05, 0) is 32.6 Å². The highest BCUT2D eigenvalue weighted by atomic mass is 16.6. The molecule has 13 heavy (non-hydrogen) atoms. The Bertz CT molecular complexity index is 217. The van der Waals surface area contributed by atoms with E-state index in [1.807, 2.05) is 6.92 Å². The zero-order valence-corrected chi connectivity index (χ0v) is 8.12. The average Bonchev–Trinajstić information content (AvgIpc) is 2.16. The molecule has 3 heteroatoms. The van der Waals surface area contributed by atoms with Gasteiger partial charge >= 0.3 is 0 Å². The number of rotatable bonds is 0. The molecule has 0 aromatic rings. The standard InChI is InChI=1S/C10H16N2O/c1-9-4-2-3-5-10(8-11)6-7-13-12-9/h10H,2-7H2,1H3/b12-9-. The summed E-state index contributed by atoms with van der Waals surface area (Å²) < 4.78 is 0. The molecule has 0 fully saturated rings. The molecule has 0 aromatic heterocycles. The summed E-state index contributed by atoms with van der Waals surface area (Å²) in [5.74, 6) is 0.161. The van der Waals surface area contributed by atoms with E-state index in [2.05, 4.69) is 11.2 Å². The van der Waals surface area contributed by atoms with Crippen molar-refractivity contribution in [2.45, 2.75) is 39.0 Å². The van der Waals surface area contributed by atoms with Crippen LogP contribution in [-0.4, -0.2) is 12.3 Å². The second-order valence-corrected chi connectivity index (χ2v) is 3.52. The van der Waals surface area contributed by atoms with Gasteiger partial charge in [-0.3, -0.25) is 0 Å². The van der Waals surface area contributed by atoms with Crippen molar-refractivity contribution in [3.05, 3.63) is 0 Å². The number of hydrogen-bond donors (Lipinski definition) is 0. The van der Waals surface area contributed by atoms with Gasteiger partial charge in [-0.1, -0.05) is 11.6 Å². The lowest BCUT2D eigenvalue weighted by Gasteiger charge is -2.10. The van der Waals surface area contributed by atoms with Crippen molar-refractivity contribution in [3.63, 3.8) is 0 Å². The molecule has 1 rings (SSSR count). The van der Waals surface area contributed by atoms with Gasteiger partial charge in [0.2, 0.25) is 0 Å². The number of hydrogen-bond acceptors (Lipinski definition) is 3. The van der Waals surface area contributed by atoms with Crippen LogP contribution in [0.1, 0.15) is 39.0 Å². The SMILES string of the molecule is C/C1=N/OCCC(C#N)CCCC1. The highest BCUT2D eigenvalue weighted by Gasteiger charge is 2.08. The predicted molar refractivity (Wildman–Crippen MR) is 51.2 cm³/mol. The fourth-order valence-electron chi connectivity index (χ4n) is 1.44. The van der Waals surface area contributed by atoms with Crippen LogP contribution in [0.3, 0.4) is 0 Å². The Morgan fingerprint density at radius 1 is 1.46 bits per heavy atom. The molecule has 1 aliphatic heterocycles. The average molecular weight is 180 g/mol. The molecule has 0 aliphatic carbocycles. The molecule has 0 amide bonds. The van der Waals surface area contributed by atoms with E-state index in [1.54, 1.807) is 0 Å². The lowest BCUT2D eigenvalue weighted by atomic mass is 9.99. The quantitative estimate of drug-likeness (QED) is 0.575. The minimum Gasteiger partial charge on any atom is -0.396 e. The molecule has 1 aliphatic rings. The van der Waals surface area contributed by atoms with Gasteiger partial charge in [0.25, 0.3) is 0 Å². The van der Waals surface area contributed by atoms with Crippen molar-refractivity contribution >= 4 is 5.71 Å². The van der Waals surface area contributed by atoms with Crippen LogP contribution in [0.25, 0.3) is 0 Å². The van der Waals surface area contributed by atoms with Crippen molar-refractivity contribution in [1.29, 1.82) is 5.26 Å². The van der Waals surface area contributed by atoms with Crippen molar-refractivity contribution in [3.8, 4) is 6.07 Å². The molecular weight excluding hydrogens is 164 g/mol. The van der Waals surface area contributed by atoms with E-state index in [0.717, 1.165) is 37.8 Å². The summed E-state index contributed by atoms with van der Waals surface area (Å²) in [6, 6.07) is 2.30. The van der Waals surface area contributed by atoms with Gasteiger partial charge in [0.15, 0.2) is 0 Å². The third kappa shape index (κ3) is 3.93. The molecule has 0 saturated carbocycles. The van der Waals surface area contributed by atoms with E-state index in [4.69, 9.17) is 10.1 Å². The van der Waals surface area contributed by atoms with Gasteiger partial charge in [0.1, 0.15) is 6.61 Å². The summed E-state index contributed by atoms with van der Waals surface area (Å²) in [5.41, 5.74) is 1.07. The highest BCUT2D eigenvalue weighted by molar-refractivity contribution is 5.81. The Labute approximate surface area is 79.4 Å². The summed E-state index contributed by atoms with van der Waals surface area (Å²) in [5, 5.41) is 12.7. The molecule has 1 unspecified atom stereocenters. The lowest BCUT2D eigenvalue weighted by molar-refractivity contribution is 0.131. The Hall–Kier alpha value is -1.04. The maximum Gasteiger partial charge on any atom is 0.118 e. The normalized spacial score (nSPS) is 29.2. The second kappa shape index (κ2) is 5.58. The van der Waals surface area contributed by atoms with Gasteiger partial charge in [-0.25, -0.2) is 0 Å². The molecule has 1 atom stereocenters. The van der Waals surface area contributed by atoms with Crippen LogP contribution in [0.4, 0.5) is 0 Å². The van der Waals surface area contributed by atoms with Crippen molar-refractivity contribution in [2.24, 2.45) is 11.1 Å². The number of nitrogens with zero attached hydrogens (tertiary/aromatic N) is 2. The topological polar surface area (TPSA) is 45.4 Å². The smallest absolute Gasteiger partial charge is 0.118 e.